The number of carbonyl (C=O) groups excluding carboxylic acids is 4. The van der Waals surface area contributed by atoms with Crippen LogP contribution in [0.4, 0.5) is 0 Å². The van der Waals surface area contributed by atoms with Gasteiger partial charge in [-0.2, -0.15) is 0 Å². The van der Waals surface area contributed by atoms with Crippen LogP contribution in [-0.4, -0.2) is 90.1 Å². The van der Waals surface area contributed by atoms with Crippen LogP contribution in [0.5, 0.6) is 0 Å². The summed E-state index contributed by atoms with van der Waals surface area (Å²) in [7, 11) is 2.73. The highest BCUT2D eigenvalue weighted by molar-refractivity contribution is 9.09. The molecule has 208 valence electrons. The van der Waals surface area contributed by atoms with E-state index >= 15 is 0 Å². The largest absolute Gasteiger partial charge is 0.382 e. The zero-order chi connectivity index (χ0) is 28.3. The van der Waals surface area contributed by atoms with E-state index in [0.29, 0.717) is 9.88 Å². The number of carbonyl (C=O) groups is 4. The third-order valence-corrected chi connectivity index (χ3v) is 7.48. The molecule has 4 N–H and O–H groups in total. The zero-order valence-corrected chi connectivity index (χ0v) is 24.1. The number of ketones is 1. The number of thiazole rings is 1. The second kappa shape index (κ2) is 15.0. The molecule has 3 amide bonds. The van der Waals surface area contributed by atoms with Gasteiger partial charge in [0.25, 0.3) is 5.91 Å². The van der Waals surface area contributed by atoms with E-state index in [1.165, 1.54) is 38.7 Å². The van der Waals surface area contributed by atoms with Gasteiger partial charge in [-0.3, -0.25) is 19.2 Å². The minimum atomic E-state index is -1.74. The highest BCUT2D eigenvalue weighted by Gasteiger charge is 2.37. The molecule has 38 heavy (non-hydrogen) atoms. The summed E-state index contributed by atoms with van der Waals surface area (Å²) in [5, 5.41) is 19.0. The predicted octanol–water partition coefficient (Wildman–Crippen LogP) is 0.770. The van der Waals surface area contributed by atoms with E-state index in [9.17, 15) is 24.3 Å². The average molecular weight is 614 g/mol. The molecule has 0 fully saturated rings. The number of hydrogen-bond acceptors (Lipinski definition) is 9. The number of nitrogens with zero attached hydrogens (tertiary/aromatic N) is 1. The Balaban J connectivity index is 2.18. The summed E-state index contributed by atoms with van der Waals surface area (Å²) in [6, 6.07) is 5.62. The van der Waals surface area contributed by atoms with Crippen molar-refractivity contribution in [3.8, 4) is 0 Å². The van der Waals surface area contributed by atoms with Crippen LogP contribution < -0.4 is 16.0 Å². The molecule has 13 heteroatoms. The highest BCUT2D eigenvalue weighted by Crippen LogP contribution is 2.15. The van der Waals surface area contributed by atoms with Crippen molar-refractivity contribution in [1.82, 2.24) is 20.9 Å². The van der Waals surface area contributed by atoms with E-state index in [1.54, 1.807) is 31.2 Å². The number of alkyl halides is 1. The van der Waals surface area contributed by atoms with Crippen LogP contribution in [0.3, 0.4) is 0 Å². The molecule has 0 radical (unpaired) electrons. The van der Waals surface area contributed by atoms with Gasteiger partial charge in [0, 0.05) is 19.5 Å². The molecule has 1 aromatic heterocycles. The van der Waals surface area contributed by atoms with Crippen molar-refractivity contribution in [3.63, 3.8) is 0 Å². The van der Waals surface area contributed by atoms with Crippen molar-refractivity contribution in [2.45, 2.75) is 44.0 Å². The summed E-state index contributed by atoms with van der Waals surface area (Å²) in [5.74, 6) is -2.48. The maximum atomic E-state index is 13.2. The van der Waals surface area contributed by atoms with Gasteiger partial charge in [-0.25, -0.2) is 4.98 Å². The van der Waals surface area contributed by atoms with Crippen LogP contribution >= 0.6 is 27.3 Å². The Bertz CT molecular complexity index is 1100. The van der Waals surface area contributed by atoms with Crippen LogP contribution in [0.1, 0.15) is 27.2 Å². The van der Waals surface area contributed by atoms with Gasteiger partial charge in [0.1, 0.15) is 22.6 Å². The molecule has 0 aliphatic heterocycles. The number of nitrogens with one attached hydrogen (secondary N) is 3. The first-order valence-electron chi connectivity index (χ1n) is 11.7. The van der Waals surface area contributed by atoms with E-state index in [2.05, 4.69) is 36.9 Å². The Morgan fingerprint density at radius 2 is 1.55 bits per heavy atom. The van der Waals surface area contributed by atoms with Gasteiger partial charge in [-0.05, 0) is 25.8 Å². The molecule has 0 saturated heterocycles. The maximum Gasteiger partial charge on any atom is 0.263 e. The van der Waals surface area contributed by atoms with Crippen molar-refractivity contribution < 1.29 is 33.8 Å². The SMILES string of the molecule is COC[C@H](NC(=O)c1cnc(C)s1)C(=O)N[C@@H](COC)C(=O)N[C@@H](Cc1ccccc1)C(=O)[C@](C)(O)CBr. The lowest BCUT2D eigenvalue weighted by atomic mass is 9.92. The van der Waals surface area contributed by atoms with E-state index in [4.69, 9.17) is 9.47 Å². The molecule has 1 heterocycles. The van der Waals surface area contributed by atoms with Crippen molar-refractivity contribution in [1.29, 1.82) is 0 Å². The number of Topliss-reactive ketones (excluding diaryl/α,β-unsaturated/α-hetero) is 1. The number of aromatic nitrogens is 1. The van der Waals surface area contributed by atoms with Crippen molar-refractivity contribution >= 4 is 50.8 Å². The first-order chi connectivity index (χ1) is 18.0. The van der Waals surface area contributed by atoms with Gasteiger partial charge in [0.2, 0.25) is 11.8 Å². The number of benzene rings is 1. The Morgan fingerprint density at radius 3 is 2.05 bits per heavy atom. The van der Waals surface area contributed by atoms with Crippen LogP contribution in [-0.2, 0) is 30.3 Å². The number of amides is 3. The first-order valence-corrected chi connectivity index (χ1v) is 13.6. The molecule has 0 spiro atoms. The summed E-state index contributed by atoms with van der Waals surface area (Å²) in [4.78, 5) is 56.3. The molecule has 0 aliphatic rings. The topological polar surface area (TPSA) is 156 Å². The number of aliphatic hydroxyl groups is 1. The summed E-state index contributed by atoms with van der Waals surface area (Å²) < 4.78 is 10.2. The lowest BCUT2D eigenvalue weighted by molar-refractivity contribution is -0.139. The summed E-state index contributed by atoms with van der Waals surface area (Å²) in [5.41, 5.74) is -0.972. The summed E-state index contributed by atoms with van der Waals surface area (Å²) >= 11 is 4.31. The Kier molecular flexibility index (Phi) is 12.5. The third-order valence-electron chi connectivity index (χ3n) is 5.47. The summed E-state index contributed by atoms with van der Waals surface area (Å²) in [6.07, 6.45) is 1.53. The molecular weight excluding hydrogens is 580 g/mol. The first kappa shape index (κ1) is 31.5. The normalized spacial score (nSPS) is 15.0. The maximum absolute atomic E-state index is 13.2. The zero-order valence-electron chi connectivity index (χ0n) is 21.7. The number of rotatable bonds is 15. The lowest BCUT2D eigenvalue weighted by Gasteiger charge is -2.28. The van der Waals surface area contributed by atoms with E-state index < -0.39 is 47.2 Å². The molecule has 0 unspecified atom stereocenters. The van der Waals surface area contributed by atoms with Gasteiger partial charge in [-0.15, -0.1) is 11.3 Å². The average Bonchev–Trinajstić information content (AvgIpc) is 3.34. The minimum Gasteiger partial charge on any atom is -0.382 e. The quantitative estimate of drug-likeness (QED) is 0.215. The van der Waals surface area contributed by atoms with Gasteiger partial charge in [-0.1, -0.05) is 46.3 Å². The van der Waals surface area contributed by atoms with Crippen LogP contribution in [0.25, 0.3) is 0 Å². The number of halogens is 1. The molecule has 0 aliphatic carbocycles. The fourth-order valence-electron chi connectivity index (χ4n) is 3.44. The number of ether oxygens (including phenoxy) is 2. The molecule has 11 nitrogen and oxygen atoms in total. The van der Waals surface area contributed by atoms with Gasteiger partial charge >= 0.3 is 0 Å². The molecular formula is C25H33BrN4O7S. The highest BCUT2D eigenvalue weighted by atomic mass is 79.9. The molecule has 0 bridgehead atoms. The van der Waals surface area contributed by atoms with Gasteiger partial charge in [0.15, 0.2) is 5.78 Å². The Labute approximate surface area is 233 Å². The Morgan fingerprint density at radius 1 is 1.00 bits per heavy atom. The van der Waals surface area contributed by atoms with Crippen LogP contribution in [0.15, 0.2) is 36.5 Å². The molecule has 4 atom stereocenters. The molecule has 0 saturated carbocycles. The fraction of sp³-hybridized carbons (Fsp3) is 0.480. The van der Waals surface area contributed by atoms with E-state index in [0.717, 1.165) is 5.56 Å². The van der Waals surface area contributed by atoms with Crippen molar-refractivity contribution in [3.05, 3.63) is 52.0 Å². The molecule has 2 aromatic rings. The molecule has 1 aromatic carbocycles. The summed E-state index contributed by atoms with van der Waals surface area (Å²) in [6.45, 7) is 2.74. The monoisotopic (exact) mass is 612 g/mol. The second-order valence-corrected chi connectivity index (χ2v) is 10.6. The second-order valence-electron chi connectivity index (χ2n) is 8.76. The van der Waals surface area contributed by atoms with Crippen LogP contribution in [0.2, 0.25) is 0 Å². The Hall–Kier alpha value is -2.71. The van der Waals surface area contributed by atoms with Crippen LogP contribution in [0, 0.1) is 6.92 Å². The third kappa shape index (κ3) is 9.24. The molecule has 2 rings (SSSR count). The fourth-order valence-corrected chi connectivity index (χ4v) is 4.40. The van der Waals surface area contributed by atoms with Crippen molar-refractivity contribution in [2.75, 3.05) is 32.8 Å². The minimum absolute atomic E-state index is 0.0318. The van der Waals surface area contributed by atoms with Crippen molar-refractivity contribution in [2.24, 2.45) is 0 Å². The number of hydrogen-bond donors (Lipinski definition) is 4. The standard InChI is InChI=1S/C25H33BrN4O7S/c1-15-27-11-20(38-15)24(34)30-19(13-37-4)23(33)29-18(12-36-3)22(32)28-17(21(31)25(2,35)14-26)10-16-8-6-5-7-9-16/h5-9,11,17-19,35H,10,12-14H2,1-4H3,(H,28,32)(H,29,33)(H,30,34)/t17-,18-,19-,25+/m0/s1. The smallest absolute Gasteiger partial charge is 0.263 e. The number of methoxy groups -OCH3 is 2. The van der Waals surface area contributed by atoms with E-state index in [1.807, 2.05) is 6.07 Å². The van der Waals surface area contributed by atoms with E-state index in [-0.39, 0.29) is 25.0 Å². The number of aryl methyl sites for hydroxylation is 1. The van der Waals surface area contributed by atoms with Gasteiger partial charge in [0.05, 0.1) is 30.5 Å². The van der Waals surface area contributed by atoms with Gasteiger partial charge < -0.3 is 30.5 Å². The lowest BCUT2D eigenvalue weighted by Crippen LogP contribution is -2.60. The predicted molar refractivity (Wildman–Crippen MR) is 145 cm³/mol.